The Morgan fingerprint density at radius 1 is 1.09 bits per heavy atom. The molecule has 2 aromatic carbocycles. The first kappa shape index (κ1) is 23.9. The lowest BCUT2D eigenvalue weighted by molar-refractivity contribution is -0.0512. The van der Waals surface area contributed by atoms with E-state index >= 15 is 0 Å². The first-order chi connectivity index (χ1) is 15.2. The molecule has 10 heteroatoms. The van der Waals surface area contributed by atoms with E-state index < -0.39 is 22.6 Å². The molecular formula is C22H25F2NO6S. The quantitative estimate of drug-likeness (QED) is 0.542. The van der Waals surface area contributed by atoms with Crippen LogP contribution in [0.15, 0.2) is 47.4 Å². The molecule has 0 aromatic heterocycles. The van der Waals surface area contributed by atoms with Crippen LogP contribution in [0.4, 0.5) is 8.78 Å². The highest BCUT2D eigenvalue weighted by Gasteiger charge is 2.28. The van der Waals surface area contributed by atoms with Crippen LogP contribution in [0, 0.1) is 5.92 Å². The molecule has 1 aliphatic heterocycles. The molecule has 1 aliphatic rings. The Bertz CT molecular complexity index is 1030. The van der Waals surface area contributed by atoms with Crippen molar-refractivity contribution in [3.63, 3.8) is 0 Å². The molecule has 174 valence electrons. The number of nitrogens with zero attached hydrogens (tertiary/aromatic N) is 1. The molecule has 1 heterocycles. The van der Waals surface area contributed by atoms with E-state index in [9.17, 15) is 22.0 Å². The van der Waals surface area contributed by atoms with Gasteiger partial charge in [0.1, 0.15) is 6.61 Å². The number of carbonyl (C=O) groups excluding carboxylic acids is 1. The molecule has 0 spiro atoms. The van der Waals surface area contributed by atoms with Gasteiger partial charge in [-0.3, -0.25) is 0 Å². The average Bonchev–Trinajstić information content (AvgIpc) is 2.78. The third-order valence-corrected chi connectivity index (χ3v) is 7.20. The number of carbonyl (C=O) groups is 1. The maximum Gasteiger partial charge on any atom is 0.387 e. The van der Waals surface area contributed by atoms with Crippen LogP contribution in [0.3, 0.4) is 0 Å². The number of hydrogen-bond donors (Lipinski definition) is 0. The summed E-state index contributed by atoms with van der Waals surface area (Å²) in [5, 5.41) is 0. The minimum atomic E-state index is -3.60. The van der Waals surface area contributed by atoms with Crippen molar-refractivity contribution in [2.75, 3.05) is 20.2 Å². The highest BCUT2D eigenvalue weighted by Crippen LogP contribution is 2.30. The zero-order valence-corrected chi connectivity index (χ0v) is 18.6. The molecule has 0 amide bonds. The summed E-state index contributed by atoms with van der Waals surface area (Å²) >= 11 is 0. The second-order valence-electron chi connectivity index (χ2n) is 7.55. The molecule has 1 saturated heterocycles. The average molecular weight is 470 g/mol. The maximum atomic E-state index is 12.8. The van der Waals surface area contributed by atoms with Crippen LogP contribution >= 0.6 is 0 Å². The number of esters is 1. The molecule has 0 atom stereocenters. The van der Waals surface area contributed by atoms with Crippen LogP contribution in [-0.4, -0.2) is 45.5 Å². The summed E-state index contributed by atoms with van der Waals surface area (Å²) in [4.78, 5) is 12.5. The number of piperidine rings is 1. The van der Waals surface area contributed by atoms with E-state index in [2.05, 4.69) is 11.7 Å². The summed E-state index contributed by atoms with van der Waals surface area (Å²) in [6, 6.07) is 9.80. The van der Waals surface area contributed by atoms with E-state index in [4.69, 9.17) is 9.47 Å². The van der Waals surface area contributed by atoms with E-state index in [0.717, 1.165) is 12.8 Å². The number of benzene rings is 2. The number of alkyl halides is 2. The summed E-state index contributed by atoms with van der Waals surface area (Å²) in [5.74, 6) is -0.183. The Hall–Kier alpha value is -2.72. The van der Waals surface area contributed by atoms with E-state index in [0.29, 0.717) is 24.6 Å². The van der Waals surface area contributed by atoms with Gasteiger partial charge in [-0.05, 0) is 60.7 Å². The fourth-order valence-electron chi connectivity index (χ4n) is 3.36. The topological polar surface area (TPSA) is 82.1 Å². The molecule has 3 rings (SSSR count). The first-order valence-electron chi connectivity index (χ1n) is 10.1. The monoisotopic (exact) mass is 469 g/mol. The van der Waals surface area contributed by atoms with Gasteiger partial charge < -0.3 is 14.2 Å². The third kappa shape index (κ3) is 5.74. The predicted molar refractivity (Wildman–Crippen MR) is 112 cm³/mol. The summed E-state index contributed by atoms with van der Waals surface area (Å²) in [5.41, 5.74) is 0.705. The lowest BCUT2D eigenvalue weighted by atomic mass is 10.0. The Labute approximate surface area is 185 Å². The molecule has 0 bridgehead atoms. The fraction of sp³-hybridized carbons (Fsp3) is 0.409. The van der Waals surface area contributed by atoms with Crippen LogP contribution in [0.1, 0.15) is 35.7 Å². The molecular weight excluding hydrogens is 444 g/mol. The maximum absolute atomic E-state index is 12.8. The third-order valence-electron chi connectivity index (χ3n) is 5.28. The van der Waals surface area contributed by atoms with Gasteiger partial charge in [0.2, 0.25) is 10.0 Å². The number of halogens is 2. The summed E-state index contributed by atoms with van der Waals surface area (Å²) in [6.45, 7) is -0.0457. The largest absolute Gasteiger partial charge is 0.493 e. The van der Waals surface area contributed by atoms with Crippen molar-refractivity contribution < 1.29 is 36.2 Å². The van der Waals surface area contributed by atoms with Crippen molar-refractivity contribution in [2.45, 2.75) is 37.9 Å². The summed E-state index contributed by atoms with van der Waals surface area (Å²) < 4.78 is 66.5. The summed E-state index contributed by atoms with van der Waals surface area (Å²) in [6.07, 6.45) is 1.65. The Kier molecular flexibility index (Phi) is 7.68. The Morgan fingerprint density at radius 3 is 2.34 bits per heavy atom. The minimum Gasteiger partial charge on any atom is -0.493 e. The van der Waals surface area contributed by atoms with Crippen LogP contribution < -0.4 is 9.47 Å². The van der Waals surface area contributed by atoms with Gasteiger partial charge in [-0.15, -0.1) is 0 Å². The zero-order valence-electron chi connectivity index (χ0n) is 17.8. The van der Waals surface area contributed by atoms with Crippen LogP contribution in [-0.2, 0) is 21.4 Å². The van der Waals surface area contributed by atoms with Gasteiger partial charge >= 0.3 is 12.6 Å². The van der Waals surface area contributed by atoms with Gasteiger partial charge in [-0.25, -0.2) is 13.2 Å². The van der Waals surface area contributed by atoms with Crippen LogP contribution in [0.5, 0.6) is 11.5 Å². The molecule has 0 saturated carbocycles. The number of hydrogen-bond acceptors (Lipinski definition) is 6. The second-order valence-corrected chi connectivity index (χ2v) is 9.49. The molecule has 0 unspecified atom stereocenters. The zero-order chi connectivity index (χ0) is 23.3. The highest BCUT2D eigenvalue weighted by atomic mass is 32.2. The molecule has 32 heavy (non-hydrogen) atoms. The molecule has 0 aliphatic carbocycles. The van der Waals surface area contributed by atoms with Gasteiger partial charge in [0.25, 0.3) is 0 Å². The number of rotatable bonds is 8. The van der Waals surface area contributed by atoms with E-state index in [1.807, 2.05) is 0 Å². The molecule has 0 N–H and O–H groups in total. The van der Waals surface area contributed by atoms with Gasteiger partial charge in [-0.2, -0.15) is 13.1 Å². The van der Waals surface area contributed by atoms with Crippen molar-refractivity contribution in [1.82, 2.24) is 4.31 Å². The fourth-order valence-corrected chi connectivity index (χ4v) is 4.83. The predicted octanol–water partition coefficient (Wildman–Crippen LogP) is 4.07. The number of sulfonamides is 1. The van der Waals surface area contributed by atoms with Gasteiger partial charge in [0.15, 0.2) is 11.5 Å². The standard InChI is InChI=1S/C22H25F2NO6S/c1-15-9-11-25(12-10-15)32(27,28)18-6-4-17(5-7-18)21(26)30-14-16-3-8-19(31-22(23)24)20(13-16)29-2/h3-8,13,15,22H,9-12,14H2,1-2H3. The molecule has 1 fully saturated rings. The molecule has 2 aromatic rings. The normalized spacial score (nSPS) is 15.5. The lowest BCUT2D eigenvalue weighted by Crippen LogP contribution is -2.37. The van der Waals surface area contributed by atoms with Gasteiger partial charge in [-0.1, -0.05) is 13.0 Å². The molecule has 0 radical (unpaired) electrons. The second kappa shape index (κ2) is 10.3. The van der Waals surface area contributed by atoms with Crippen LogP contribution in [0.2, 0.25) is 0 Å². The van der Waals surface area contributed by atoms with Gasteiger partial charge in [0.05, 0.1) is 17.6 Å². The summed E-state index contributed by atoms with van der Waals surface area (Å²) in [7, 11) is -2.29. The molecule has 7 nitrogen and oxygen atoms in total. The minimum absolute atomic E-state index is 0.0838. The van der Waals surface area contributed by atoms with E-state index in [-0.39, 0.29) is 28.6 Å². The first-order valence-corrected chi connectivity index (χ1v) is 11.5. The van der Waals surface area contributed by atoms with Crippen molar-refractivity contribution in [2.24, 2.45) is 5.92 Å². The highest BCUT2D eigenvalue weighted by molar-refractivity contribution is 7.89. The number of methoxy groups -OCH3 is 1. The SMILES string of the molecule is COc1cc(COC(=O)c2ccc(S(=O)(=O)N3CCC(C)CC3)cc2)ccc1OC(F)F. The van der Waals surface area contributed by atoms with Crippen LogP contribution in [0.25, 0.3) is 0 Å². The van der Waals surface area contributed by atoms with E-state index in [1.165, 1.54) is 53.9 Å². The Balaban J connectivity index is 1.63. The van der Waals surface area contributed by atoms with Crippen molar-refractivity contribution in [1.29, 1.82) is 0 Å². The van der Waals surface area contributed by atoms with Crippen molar-refractivity contribution in [3.05, 3.63) is 53.6 Å². The number of ether oxygens (including phenoxy) is 3. The van der Waals surface area contributed by atoms with Crippen molar-refractivity contribution in [3.8, 4) is 11.5 Å². The van der Waals surface area contributed by atoms with Crippen molar-refractivity contribution >= 4 is 16.0 Å². The Morgan fingerprint density at radius 2 is 1.75 bits per heavy atom. The smallest absolute Gasteiger partial charge is 0.387 e. The van der Waals surface area contributed by atoms with E-state index in [1.54, 1.807) is 0 Å². The van der Waals surface area contributed by atoms with Gasteiger partial charge in [0, 0.05) is 13.1 Å². The lowest BCUT2D eigenvalue weighted by Gasteiger charge is -2.29.